The highest BCUT2D eigenvalue weighted by molar-refractivity contribution is 7.91. The molecule has 0 bridgehead atoms. The van der Waals surface area contributed by atoms with Crippen LogP contribution in [0.2, 0.25) is 0 Å². The van der Waals surface area contributed by atoms with Crippen molar-refractivity contribution in [3.8, 4) is 10.6 Å². The van der Waals surface area contributed by atoms with E-state index < -0.39 is 9.84 Å². The number of aryl methyl sites for hydroxylation is 1. The Balaban J connectivity index is 1.61. The molecule has 1 saturated heterocycles. The smallest absolute Gasteiger partial charge is 0.256 e. The molecule has 8 nitrogen and oxygen atoms in total. The molecule has 1 atom stereocenters. The van der Waals surface area contributed by atoms with Gasteiger partial charge in [-0.25, -0.2) is 18.1 Å². The highest BCUT2D eigenvalue weighted by Crippen LogP contribution is 2.33. The van der Waals surface area contributed by atoms with Gasteiger partial charge in [-0.05, 0) is 62.0 Å². The van der Waals surface area contributed by atoms with Crippen molar-refractivity contribution in [3.63, 3.8) is 0 Å². The minimum Gasteiger partial charge on any atom is -0.322 e. The Kier molecular flexibility index (Phi) is 5.57. The van der Waals surface area contributed by atoms with E-state index in [4.69, 9.17) is 4.98 Å². The lowest BCUT2D eigenvalue weighted by molar-refractivity contribution is 0.101. The van der Waals surface area contributed by atoms with Gasteiger partial charge in [0.2, 0.25) is 0 Å². The van der Waals surface area contributed by atoms with Crippen molar-refractivity contribution < 1.29 is 18.0 Å². The molecule has 1 aliphatic heterocycles. The number of thiophene rings is 1. The number of carbonyl (C=O) groups excluding carboxylic acids is 2. The second-order valence-electron chi connectivity index (χ2n) is 8.41. The first kappa shape index (κ1) is 22.4. The summed E-state index contributed by atoms with van der Waals surface area (Å²) >= 11 is 1.51. The standard InChI is InChI=1S/C24H22N4O4S2/c1-14-22-19(24(30)25-17-7-5-16(6-8-17)15(2)29)12-20(21-4-3-10-33-21)26-23(22)28(27-14)18-9-11-34(31,32)13-18/h3-8,10,12,18H,9,11,13H2,1-2H3,(H,25,30). The van der Waals surface area contributed by atoms with Crippen LogP contribution in [0.1, 0.15) is 45.8 Å². The molecule has 1 N–H and O–H groups in total. The summed E-state index contributed by atoms with van der Waals surface area (Å²) < 4.78 is 25.9. The van der Waals surface area contributed by atoms with E-state index >= 15 is 0 Å². The Bertz CT molecular complexity index is 1520. The summed E-state index contributed by atoms with van der Waals surface area (Å²) in [6.07, 6.45) is 0.466. The first-order valence-corrected chi connectivity index (χ1v) is 13.5. The number of fused-ring (bicyclic) bond motifs is 1. The molecule has 1 aromatic carbocycles. The summed E-state index contributed by atoms with van der Waals surface area (Å²) in [4.78, 5) is 30.7. The van der Waals surface area contributed by atoms with Crippen LogP contribution < -0.4 is 5.32 Å². The number of ketones is 1. The van der Waals surface area contributed by atoms with Gasteiger partial charge in [-0.3, -0.25) is 9.59 Å². The van der Waals surface area contributed by atoms with Crippen molar-refractivity contribution in [1.82, 2.24) is 14.8 Å². The Hall–Kier alpha value is -3.37. The van der Waals surface area contributed by atoms with Crippen LogP contribution in [0.4, 0.5) is 5.69 Å². The van der Waals surface area contributed by atoms with Crippen LogP contribution in [-0.2, 0) is 9.84 Å². The Labute approximate surface area is 200 Å². The fourth-order valence-corrected chi connectivity index (χ4v) is 6.63. The van der Waals surface area contributed by atoms with Gasteiger partial charge in [-0.15, -0.1) is 11.3 Å². The topological polar surface area (TPSA) is 111 Å². The molecular weight excluding hydrogens is 472 g/mol. The quantitative estimate of drug-likeness (QED) is 0.415. The van der Waals surface area contributed by atoms with Gasteiger partial charge < -0.3 is 5.32 Å². The van der Waals surface area contributed by atoms with E-state index in [2.05, 4.69) is 10.4 Å². The third kappa shape index (κ3) is 4.14. The van der Waals surface area contributed by atoms with Crippen LogP contribution in [0, 0.1) is 6.92 Å². The van der Waals surface area contributed by atoms with Crippen molar-refractivity contribution in [1.29, 1.82) is 0 Å². The van der Waals surface area contributed by atoms with Crippen LogP contribution in [0.15, 0.2) is 47.8 Å². The van der Waals surface area contributed by atoms with Gasteiger partial charge in [0.1, 0.15) is 0 Å². The number of hydrogen-bond acceptors (Lipinski definition) is 7. The van der Waals surface area contributed by atoms with Crippen molar-refractivity contribution in [2.45, 2.75) is 26.3 Å². The number of hydrogen-bond donors (Lipinski definition) is 1. The molecule has 174 valence electrons. The minimum atomic E-state index is -3.12. The number of aromatic nitrogens is 3. The molecule has 3 aromatic heterocycles. The number of sulfone groups is 1. The second-order valence-corrected chi connectivity index (χ2v) is 11.6. The number of pyridine rings is 1. The number of nitrogens with zero attached hydrogens (tertiary/aromatic N) is 3. The van der Waals surface area contributed by atoms with Crippen molar-refractivity contribution in [2.24, 2.45) is 0 Å². The first-order valence-electron chi connectivity index (χ1n) is 10.8. The summed E-state index contributed by atoms with van der Waals surface area (Å²) in [6, 6.07) is 12.0. The lowest BCUT2D eigenvalue weighted by Gasteiger charge is -2.12. The lowest BCUT2D eigenvalue weighted by Crippen LogP contribution is -2.15. The van der Waals surface area contributed by atoms with Crippen molar-refractivity contribution >= 4 is 49.6 Å². The highest BCUT2D eigenvalue weighted by atomic mass is 32.2. The molecule has 0 spiro atoms. The summed E-state index contributed by atoms with van der Waals surface area (Å²) in [5.41, 5.74) is 3.27. The fourth-order valence-electron chi connectivity index (χ4n) is 4.25. The van der Waals surface area contributed by atoms with Crippen LogP contribution in [-0.4, -0.2) is 46.4 Å². The fraction of sp³-hybridized carbons (Fsp3) is 0.250. The van der Waals surface area contributed by atoms with E-state index in [1.165, 1.54) is 18.3 Å². The predicted octanol–water partition coefficient (Wildman–Crippen LogP) is 4.28. The molecule has 4 heterocycles. The molecule has 0 saturated carbocycles. The maximum atomic E-state index is 13.4. The van der Waals surface area contributed by atoms with Gasteiger partial charge in [0, 0.05) is 11.3 Å². The van der Waals surface area contributed by atoms with Gasteiger partial charge in [-0.2, -0.15) is 5.10 Å². The largest absolute Gasteiger partial charge is 0.322 e. The maximum Gasteiger partial charge on any atom is 0.256 e. The average Bonchev–Trinajstić information content (AvgIpc) is 3.53. The molecule has 1 fully saturated rings. The number of benzene rings is 1. The summed E-state index contributed by atoms with van der Waals surface area (Å²) in [7, 11) is -3.12. The molecule has 1 aliphatic rings. The van der Waals surface area contributed by atoms with E-state index in [1.54, 1.807) is 41.9 Å². The lowest BCUT2D eigenvalue weighted by atomic mass is 10.1. The Morgan fingerprint density at radius 3 is 2.56 bits per heavy atom. The predicted molar refractivity (Wildman–Crippen MR) is 132 cm³/mol. The van der Waals surface area contributed by atoms with E-state index in [0.717, 1.165) is 4.88 Å². The van der Waals surface area contributed by atoms with Gasteiger partial charge in [0.15, 0.2) is 21.3 Å². The highest BCUT2D eigenvalue weighted by Gasteiger charge is 2.32. The number of Topliss-reactive ketones (excluding diaryl/α,β-unsaturated/α-hetero) is 1. The number of nitrogens with one attached hydrogen (secondary N) is 1. The van der Waals surface area contributed by atoms with Crippen molar-refractivity contribution in [3.05, 3.63) is 64.7 Å². The van der Waals surface area contributed by atoms with E-state index in [9.17, 15) is 18.0 Å². The molecule has 4 aromatic rings. The summed E-state index contributed by atoms with van der Waals surface area (Å²) in [5.74, 6) is -0.251. The van der Waals surface area contributed by atoms with Crippen LogP contribution >= 0.6 is 11.3 Å². The molecule has 0 aliphatic carbocycles. The molecule has 5 rings (SSSR count). The normalized spacial score (nSPS) is 17.2. The first-order chi connectivity index (χ1) is 16.2. The molecule has 1 amide bonds. The minimum absolute atomic E-state index is 0.0121. The monoisotopic (exact) mass is 494 g/mol. The number of carbonyl (C=O) groups is 2. The van der Waals surface area contributed by atoms with Crippen LogP contribution in [0.25, 0.3) is 21.6 Å². The van der Waals surface area contributed by atoms with Gasteiger partial charge in [-0.1, -0.05) is 6.07 Å². The second kappa shape index (κ2) is 8.44. The van der Waals surface area contributed by atoms with Gasteiger partial charge in [0.05, 0.1) is 44.8 Å². The number of amides is 1. The van der Waals surface area contributed by atoms with Crippen molar-refractivity contribution in [2.75, 3.05) is 16.8 Å². The maximum absolute atomic E-state index is 13.4. The molecule has 1 unspecified atom stereocenters. The zero-order valence-corrected chi connectivity index (χ0v) is 20.2. The van der Waals surface area contributed by atoms with Gasteiger partial charge >= 0.3 is 0 Å². The van der Waals surface area contributed by atoms with E-state index in [1.807, 2.05) is 17.5 Å². The third-order valence-electron chi connectivity index (χ3n) is 5.96. The van der Waals surface area contributed by atoms with Crippen LogP contribution in [0.5, 0.6) is 0 Å². The molecule has 0 radical (unpaired) electrons. The number of anilines is 1. The molecule has 10 heteroatoms. The van der Waals surface area contributed by atoms with E-state index in [0.29, 0.717) is 45.7 Å². The van der Waals surface area contributed by atoms with Crippen LogP contribution in [0.3, 0.4) is 0 Å². The Morgan fingerprint density at radius 2 is 1.94 bits per heavy atom. The summed E-state index contributed by atoms with van der Waals surface area (Å²) in [6.45, 7) is 3.29. The zero-order valence-electron chi connectivity index (χ0n) is 18.6. The Morgan fingerprint density at radius 1 is 1.18 bits per heavy atom. The SMILES string of the molecule is CC(=O)c1ccc(NC(=O)c2cc(-c3cccs3)nc3c2c(C)nn3C2CCS(=O)(=O)C2)cc1. The summed E-state index contributed by atoms with van der Waals surface area (Å²) in [5, 5.41) is 10.1. The number of rotatable bonds is 5. The molecule has 34 heavy (non-hydrogen) atoms. The van der Waals surface area contributed by atoms with E-state index in [-0.39, 0.29) is 29.2 Å². The zero-order chi connectivity index (χ0) is 24.0. The van der Waals surface area contributed by atoms with Gasteiger partial charge in [0.25, 0.3) is 5.91 Å². The molecular formula is C24H22N4O4S2. The average molecular weight is 495 g/mol. The third-order valence-corrected chi connectivity index (χ3v) is 8.60.